The van der Waals surface area contributed by atoms with E-state index in [0.717, 1.165) is 74.9 Å². The number of nitrogens with one attached hydrogen (secondary N) is 1. The lowest BCUT2D eigenvalue weighted by atomic mass is 9.90. The summed E-state index contributed by atoms with van der Waals surface area (Å²) in [6.45, 7) is 4.90. The number of anilines is 1. The Morgan fingerprint density at radius 3 is 2.52 bits per heavy atom. The van der Waals surface area contributed by atoms with E-state index in [1.165, 1.54) is 30.4 Å². The molecule has 3 heterocycles. The van der Waals surface area contributed by atoms with Crippen molar-refractivity contribution in [1.29, 1.82) is 0 Å². The second kappa shape index (κ2) is 12.4. The first-order valence-electron chi connectivity index (χ1n) is 15.4. The Bertz CT molecular complexity index is 2020. The predicted molar refractivity (Wildman–Crippen MR) is 177 cm³/mol. The summed E-state index contributed by atoms with van der Waals surface area (Å²) < 4.78 is 13.4. The maximum atomic E-state index is 13.2. The van der Waals surface area contributed by atoms with Gasteiger partial charge in [-0.25, -0.2) is 9.78 Å². The maximum absolute atomic E-state index is 13.2. The van der Waals surface area contributed by atoms with Gasteiger partial charge in [-0.2, -0.15) is 0 Å². The zero-order chi connectivity index (χ0) is 32.7. The standard InChI is InChI=1S/C36H38N4O6/c1-20-25(26-9-7-11-29(21(26)2)37-33(42)28-18-39(3)36(44)40(4)35(28)43)8-6-10-27(20)30-17-24-13-12-23(32(24)34(38-30)45-5)16-22-14-15-46-19-31(22)41/h6-11,17-18,23,41H,12-16,19H2,1-5H3,(H,37,42)/t23-/m0/s1. The number of rotatable bonds is 7. The van der Waals surface area contributed by atoms with Gasteiger partial charge >= 0.3 is 5.69 Å². The number of nitrogens with zero attached hydrogens (tertiary/aromatic N) is 3. The quantitative estimate of drug-likeness (QED) is 0.285. The molecule has 0 saturated heterocycles. The summed E-state index contributed by atoms with van der Waals surface area (Å²) in [5, 5.41) is 13.3. The summed E-state index contributed by atoms with van der Waals surface area (Å²) in [5.74, 6) is 0.622. The number of methoxy groups -OCH3 is 1. The van der Waals surface area contributed by atoms with E-state index in [2.05, 4.69) is 24.4 Å². The van der Waals surface area contributed by atoms with Gasteiger partial charge in [-0.05, 0) is 91.0 Å². The summed E-state index contributed by atoms with van der Waals surface area (Å²) in [6, 6.07) is 13.9. The van der Waals surface area contributed by atoms with E-state index in [9.17, 15) is 19.5 Å². The smallest absolute Gasteiger partial charge is 0.330 e. The molecule has 0 fully saturated rings. The van der Waals surface area contributed by atoms with E-state index in [1.54, 1.807) is 13.2 Å². The van der Waals surface area contributed by atoms with Gasteiger partial charge in [0.15, 0.2) is 0 Å². The average molecular weight is 623 g/mol. The first-order valence-corrected chi connectivity index (χ1v) is 15.4. The number of aliphatic hydroxyl groups is 1. The molecule has 1 aliphatic carbocycles. The molecule has 4 aromatic rings. The van der Waals surface area contributed by atoms with Gasteiger partial charge in [-0.1, -0.05) is 30.3 Å². The first-order chi connectivity index (χ1) is 22.1. The van der Waals surface area contributed by atoms with Crippen molar-refractivity contribution in [1.82, 2.24) is 14.1 Å². The van der Waals surface area contributed by atoms with Crippen LogP contribution in [0.4, 0.5) is 5.69 Å². The highest BCUT2D eigenvalue weighted by Crippen LogP contribution is 2.45. The lowest BCUT2D eigenvalue weighted by molar-refractivity contribution is 0.102. The van der Waals surface area contributed by atoms with Gasteiger partial charge in [0.2, 0.25) is 5.88 Å². The fourth-order valence-corrected chi connectivity index (χ4v) is 6.75. The number of fused-ring (bicyclic) bond motifs is 1. The van der Waals surface area contributed by atoms with E-state index in [0.29, 0.717) is 23.9 Å². The second-order valence-electron chi connectivity index (χ2n) is 12.1. The third-order valence-electron chi connectivity index (χ3n) is 9.33. The number of hydrogen-bond acceptors (Lipinski definition) is 7. The lowest BCUT2D eigenvalue weighted by Gasteiger charge is -2.21. The van der Waals surface area contributed by atoms with Crippen LogP contribution < -0.4 is 21.3 Å². The topological polar surface area (TPSA) is 125 Å². The van der Waals surface area contributed by atoms with E-state index < -0.39 is 17.2 Å². The zero-order valence-corrected chi connectivity index (χ0v) is 26.8. The molecule has 2 aromatic carbocycles. The van der Waals surface area contributed by atoms with Crippen molar-refractivity contribution >= 4 is 11.6 Å². The molecule has 2 aromatic heterocycles. The molecule has 1 aliphatic heterocycles. The molecule has 0 saturated carbocycles. The molecular formula is C36H38N4O6. The highest BCUT2D eigenvalue weighted by molar-refractivity contribution is 6.04. The highest BCUT2D eigenvalue weighted by Gasteiger charge is 2.30. The van der Waals surface area contributed by atoms with Crippen molar-refractivity contribution in [2.75, 3.05) is 25.6 Å². The number of aromatic nitrogens is 3. The van der Waals surface area contributed by atoms with E-state index >= 15 is 0 Å². The molecule has 1 atom stereocenters. The average Bonchev–Trinajstić information content (AvgIpc) is 3.46. The van der Waals surface area contributed by atoms with Crippen LogP contribution in [0.3, 0.4) is 0 Å². The Morgan fingerprint density at radius 2 is 1.78 bits per heavy atom. The number of aryl methyl sites for hydroxylation is 2. The fourth-order valence-electron chi connectivity index (χ4n) is 6.75. The van der Waals surface area contributed by atoms with Gasteiger partial charge in [0.25, 0.3) is 11.5 Å². The van der Waals surface area contributed by atoms with E-state index in [1.807, 2.05) is 31.2 Å². The number of pyridine rings is 1. The van der Waals surface area contributed by atoms with Crippen LogP contribution in [0.5, 0.6) is 5.88 Å². The minimum Gasteiger partial charge on any atom is -0.510 e. The van der Waals surface area contributed by atoms with Crippen molar-refractivity contribution in [2.45, 2.75) is 45.4 Å². The molecule has 0 radical (unpaired) electrons. The summed E-state index contributed by atoms with van der Waals surface area (Å²) >= 11 is 0. The third kappa shape index (κ3) is 5.53. The summed E-state index contributed by atoms with van der Waals surface area (Å²) in [5.41, 5.74) is 8.30. The molecule has 2 N–H and O–H groups in total. The van der Waals surface area contributed by atoms with Gasteiger partial charge in [0.05, 0.1) is 19.4 Å². The SMILES string of the molecule is COc1nc(-c2cccc(-c3cccc(NC(=O)c4cn(C)c(=O)n(C)c4=O)c3C)c2C)cc2c1[C@H](CC1=C(O)COCC1)CC2. The Hall–Kier alpha value is -4.96. The number of amides is 1. The molecule has 0 spiro atoms. The van der Waals surface area contributed by atoms with Crippen LogP contribution in [0.2, 0.25) is 0 Å². The fraction of sp³-hybridized carbons (Fsp3) is 0.333. The lowest BCUT2D eigenvalue weighted by Crippen LogP contribution is -2.40. The number of hydrogen-bond donors (Lipinski definition) is 2. The van der Waals surface area contributed by atoms with Crippen LogP contribution in [0.25, 0.3) is 22.4 Å². The highest BCUT2D eigenvalue weighted by atomic mass is 16.5. The first kappa shape index (κ1) is 31.0. The number of ether oxygens (including phenoxy) is 2. The summed E-state index contributed by atoms with van der Waals surface area (Å²) in [6.07, 6.45) is 4.66. The monoisotopic (exact) mass is 622 g/mol. The minimum atomic E-state index is -0.652. The van der Waals surface area contributed by atoms with Crippen molar-refractivity contribution in [3.05, 3.63) is 109 Å². The van der Waals surface area contributed by atoms with E-state index in [-0.39, 0.29) is 18.1 Å². The largest absolute Gasteiger partial charge is 0.510 e. The van der Waals surface area contributed by atoms with Crippen LogP contribution in [-0.4, -0.2) is 45.5 Å². The van der Waals surface area contributed by atoms with Gasteiger partial charge in [0, 0.05) is 37.1 Å². The molecule has 238 valence electrons. The number of aliphatic hydroxyl groups excluding tert-OH is 1. The second-order valence-corrected chi connectivity index (χ2v) is 12.1. The van der Waals surface area contributed by atoms with Crippen molar-refractivity contribution < 1.29 is 19.4 Å². The number of benzene rings is 2. The molecular weight excluding hydrogens is 584 g/mol. The molecule has 1 amide bonds. The van der Waals surface area contributed by atoms with Crippen molar-refractivity contribution in [2.24, 2.45) is 14.1 Å². The Kier molecular flexibility index (Phi) is 8.39. The molecule has 0 bridgehead atoms. The Balaban J connectivity index is 1.33. The van der Waals surface area contributed by atoms with Crippen LogP contribution in [0.15, 0.2) is 69.6 Å². The van der Waals surface area contributed by atoms with Gasteiger partial charge in [0.1, 0.15) is 17.9 Å². The molecule has 0 unspecified atom stereocenters. The van der Waals surface area contributed by atoms with Crippen molar-refractivity contribution in [3.8, 4) is 28.3 Å². The minimum absolute atomic E-state index is 0.118. The summed E-state index contributed by atoms with van der Waals surface area (Å²) in [7, 11) is 4.51. The van der Waals surface area contributed by atoms with Crippen LogP contribution in [-0.2, 0) is 25.3 Å². The van der Waals surface area contributed by atoms with Crippen LogP contribution in [0, 0.1) is 13.8 Å². The summed E-state index contributed by atoms with van der Waals surface area (Å²) in [4.78, 5) is 42.9. The van der Waals surface area contributed by atoms with Crippen LogP contribution >= 0.6 is 0 Å². The van der Waals surface area contributed by atoms with Gasteiger partial charge < -0.3 is 24.5 Å². The molecule has 46 heavy (non-hydrogen) atoms. The zero-order valence-electron chi connectivity index (χ0n) is 26.8. The van der Waals surface area contributed by atoms with Gasteiger partial charge in [-0.3, -0.25) is 14.2 Å². The maximum Gasteiger partial charge on any atom is 0.330 e. The molecule has 2 aliphatic rings. The molecule has 10 nitrogen and oxygen atoms in total. The number of carbonyl (C=O) groups excluding carboxylic acids is 1. The number of carbonyl (C=O) groups is 1. The van der Waals surface area contributed by atoms with Crippen LogP contribution in [0.1, 0.15) is 57.8 Å². The molecule has 10 heteroatoms. The third-order valence-corrected chi connectivity index (χ3v) is 9.33. The predicted octanol–water partition coefficient (Wildman–Crippen LogP) is 5.34. The molecule has 6 rings (SSSR count). The van der Waals surface area contributed by atoms with Gasteiger partial charge in [-0.15, -0.1) is 0 Å². The Morgan fingerprint density at radius 1 is 1.07 bits per heavy atom. The van der Waals surface area contributed by atoms with E-state index in [4.69, 9.17) is 14.5 Å². The van der Waals surface area contributed by atoms with Crippen molar-refractivity contribution in [3.63, 3.8) is 0 Å². The Labute approximate surface area is 267 Å². The normalized spacial score (nSPS) is 16.0.